The molecule has 1 heteroatoms. The monoisotopic (exact) mass is 132 g/mol. The topological polar surface area (TPSA) is 17.1 Å². The van der Waals surface area contributed by atoms with Gasteiger partial charge in [-0.3, -0.25) is 4.79 Å². The third-order valence-corrected chi connectivity index (χ3v) is 2.16. The van der Waals surface area contributed by atoms with E-state index >= 15 is 0 Å². The molecule has 50 valence electrons. The normalized spacial score (nSPS) is 35.0. The van der Waals surface area contributed by atoms with Gasteiger partial charge in [0.2, 0.25) is 0 Å². The molecule has 0 N–H and O–H groups in total. The van der Waals surface area contributed by atoms with Gasteiger partial charge in [0.1, 0.15) is 5.78 Å². The molecule has 0 aromatic rings. The van der Waals surface area contributed by atoms with Gasteiger partial charge in [-0.1, -0.05) is 17.9 Å². The van der Waals surface area contributed by atoms with Crippen LogP contribution in [0, 0.1) is 23.7 Å². The molecule has 2 rings (SSSR count). The summed E-state index contributed by atoms with van der Waals surface area (Å²) in [6.45, 7) is 0. The Bertz CT molecular complexity index is 252. The highest BCUT2D eigenvalue weighted by Gasteiger charge is 2.32. The van der Waals surface area contributed by atoms with Gasteiger partial charge >= 0.3 is 0 Å². The van der Waals surface area contributed by atoms with E-state index in [4.69, 9.17) is 0 Å². The van der Waals surface area contributed by atoms with Crippen molar-refractivity contribution in [3.8, 4) is 11.8 Å². The molecule has 1 nitrogen and oxygen atoms in total. The van der Waals surface area contributed by atoms with E-state index in [2.05, 4.69) is 17.9 Å². The molecule has 0 amide bonds. The molecule has 2 aliphatic carbocycles. The number of fused-ring (bicyclic) bond motifs is 1. The van der Waals surface area contributed by atoms with Crippen molar-refractivity contribution in [1.29, 1.82) is 0 Å². The second kappa shape index (κ2) is 1.98. The lowest BCUT2D eigenvalue weighted by atomic mass is 9.93. The molecule has 0 saturated heterocycles. The summed E-state index contributed by atoms with van der Waals surface area (Å²) >= 11 is 0. The molecule has 0 radical (unpaired) electrons. The van der Waals surface area contributed by atoms with Crippen LogP contribution in [0.4, 0.5) is 0 Å². The summed E-state index contributed by atoms with van der Waals surface area (Å²) in [5, 5.41) is 0. The number of carbonyl (C=O) groups excluding carboxylic acids is 1. The summed E-state index contributed by atoms with van der Waals surface area (Å²) in [6.07, 6.45) is 5.66. The fourth-order valence-electron chi connectivity index (χ4n) is 1.57. The number of allylic oxidation sites excluding steroid dienone is 2. The first-order valence-electron chi connectivity index (χ1n) is 3.58. The lowest BCUT2D eigenvalue weighted by Crippen LogP contribution is -2.11. The molecular formula is C9H8O. The second-order valence-electron chi connectivity index (χ2n) is 2.79. The SMILES string of the molecule is O=C1CCC2C=CC#CC12. The van der Waals surface area contributed by atoms with Crippen molar-refractivity contribution in [2.75, 3.05) is 0 Å². The first kappa shape index (κ1) is 5.73. The van der Waals surface area contributed by atoms with Gasteiger partial charge in [-0.2, -0.15) is 0 Å². The molecule has 0 aromatic heterocycles. The molecule has 0 spiro atoms. The maximum atomic E-state index is 11.1. The quantitative estimate of drug-likeness (QED) is 0.452. The van der Waals surface area contributed by atoms with Crippen molar-refractivity contribution in [1.82, 2.24) is 0 Å². The molecular weight excluding hydrogens is 124 g/mol. The fourth-order valence-corrected chi connectivity index (χ4v) is 1.57. The Hall–Kier alpha value is -1.03. The van der Waals surface area contributed by atoms with E-state index in [1.54, 1.807) is 0 Å². The summed E-state index contributed by atoms with van der Waals surface area (Å²) in [5.74, 6) is 6.60. The van der Waals surface area contributed by atoms with Gasteiger partial charge in [0.05, 0.1) is 5.92 Å². The number of hydrogen-bond donors (Lipinski definition) is 0. The van der Waals surface area contributed by atoms with Crippen LogP contribution in [0.2, 0.25) is 0 Å². The lowest BCUT2D eigenvalue weighted by molar-refractivity contribution is -0.119. The first-order valence-corrected chi connectivity index (χ1v) is 3.58. The van der Waals surface area contributed by atoms with Crippen molar-refractivity contribution in [3.05, 3.63) is 12.2 Å². The fraction of sp³-hybridized carbons (Fsp3) is 0.444. The Morgan fingerprint density at radius 2 is 2.50 bits per heavy atom. The van der Waals surface area contributed by atoms with Gasteiger partial charge in [0.25, 0.3) is 0 Å². The standard InChI is InChI=1S/C9H8O/c10-9-6-5-7-3-1-2-4-8(7)9/h1,3,7-8H,5-6H2. The average molecular weight is 132 g/mol. The van der Waals surface area contributed by atoms with E-state index in [0.29, 0.717) is 11.7 Å². The molecule has 0 bridgehead atoms. The molecule has 2 aliphatic rings. The Morgan fingerprint density at radius 3 is 3.30 bits per heavy atom. The molecule has 1 saturated carbocycles. The predicted octanol–water partition coefficient (Wildman–Crippen LogP) is 1.15. The molecule has 0 aliphatic heterocycles. The van der Waals surface area contributed by atoms with Gasteiger partial charge in [-0.25, -0.2) is 0 Å². The van der Waals surface area contributed by atoms with Crippen LogP contribution < -0.4 is 0 Å². The van der Waals surface area contributed by atoms with E-state index in [-0.39, 0.29) is 5.92 Å². The summed E-state index contributed by atoms with van der Waals surface area (Å²) in [6, 6.07) is 0. The minimum atomic E-state index is 0.0463. The average Bonchev–Trinajstić information content (AvgIpc) is 2.34. The summed E-state index contributed by atoms with van der Waals surface area (Å²) in [7, 11) is 0. The van der Waals surface area contributed by atoms with Crippen LogP contribution in [0.3, 0.4) is 0 Å². The van der Waals surface area contributed by atoms with Gasteiger partial charge < -0.3 is 0 Å². The van der Waals surface area contributed by atoms with E-state index in [0.717, 1.165) is 12.8 Å². The number of hydrogen-bond acceptors (Lipinski definition) is 1. The maximum Gasteiger partial charge on any atom is 0.148 e. The zero-order valence-electron chi connectivity index (χ0n) is 5.63. The molecule has 0 aromatic carbocycles. The second-order valence-corrected chi connectivity index (χ2v) is 2.79. The van der Waals surface area contributed by atoms with E-state index in [1.165, 1.54) is 0 Å². The highest BCUT2D eigenvalue weighted by Crippen LogP contribution is 2.30. The molecule has 10 heavy (non-hydrogen) atoms. The zero-order valence-corrected chi connectivity index (χ0v) is 5.63. The van der Waals surface area contributed by atoms with E-state index in [9.17, 15) is 4.79 Å². The Morgan fingerprint density at radius 1 is 1.60 bits per heavy atom. The smallest absolute Gasteiger partial charge is 0.148 e. The van der Waals surface area contributed by atoms with Gasteiger partial charge in [-0.05, 0) is 18.4 Å². The highest BCUT2D eigenvalue weighted by atomic mass is 16.1. The van der Waals surface area contributed by atoms with Crippen LogP contribution in [0.1, 0.15) is 12.8 Å². The largest absolute Gasteiger partial charge is 0.298 e. The van der Waals surface area contributed by atoms with Crippen LogP contribution >= 0.6 is 0 Å². The summed E-state index contributed by atoms with van der Waals surface area (Å²) in [5.41, 5.74) is 0. The van der Waals surface area contributed by atoms with Gasteiger partial charge in [0, 0.05) is 6.42 Å². The van der Waals surface area contributed by atoms with Crippen molar-refractivity contribution in [2.24, 2.45) is 11.8 Å². The molecule has 0 heterocycles. The summed E-state index contributed by atoms with van der Waals surface area (Å²) < 4.78 is 0. The number of Topliss-reactive ketones (excluding diaryl/α,β-unsaturated/α-hetero) is 1. The third kappa shape index (κ3) is 0.690. The minimum Gasteiger partial charge on any atom is -0.298 e. The van der Waals surface area contributed by atoms with Crippen LogP contribution in [0.15, 0.2) is 12.2 Å². The van der Waals surface area contributed by atoms with Crippen molar-refractivity contribution in [2.45, 2.75) is 12.8 Å². The van der Waals surface area contributed by atoms with Crippen molar-refractivity contribution < 1.29 is 4.79 Å². The van der Waals surface area contributed by atoms with Gasteiger partial charge in [0.15, 0.2) is 0 Å². The molecule has 2 atom stereocenters. The number of ketones is 1. The third-order valence-electron chi connectivity index (χ3n) is 2.16. The Kier molecular flexibility index (Phi) is 1.14. The van der Waals surface area contributed by atoms with Crippen molar-refractivity contribution >= 4 is 5.78 Å². The van der Waals surface area contributed by atoms with E-state index < -0.39 is 0 Å². The number of carbonyl (C=O) groups is 1. The van der Waals surface area contributed by atoms with E-state index in [1.807, 2.05) is 6.08 Å². The lowest BCUT2D eigenvalue weighted by Gasteiger charge is -2.08. The summed E-state index contributed by atoms with van der Waals surface area (Å²) in [4.78, 5) is 11.1. The highest BCUT2D eigenvalue weighted by molar-refractivity contribution is 5.86. The Balaban J connectivity index is 2.32. The maximum absolute atomic E-state index is 11.1. The number of rotatable bonds is 0. The van der Waals surface area contributed by atoms with Crippen molar-refractivity contribution in [3.63, 3.8) is 0 Å². The van der Waals surface area contributed by atoms with Crippen LogP contribution in [-0.2, 0) is 4.79 Å². The first-order chi connectivity index (χ1) is 4.88. The zero-order chi connectivity index (χ0) is 6.97. The van der Waals surface area contributed by atoms with Crippen LogP contribution in [0.25, 0.3) is 0 Å². The van der Waals surface area contributed by atoms with Gasteiger partial charge in [-0.15, -0.1) is 0 Å². The van der Waals surface area contributed by atoms with Crippen LogP contribution in [-0.4, -0.2) is 5.78 Å². The predicted molar refractivity (Wildman–Crippen MR) is 38.1 cm³/mol. The minimum absolute atomic E-state index is 0.0463. The van der Waals surface area contributed by atoms with Crippen LogP contribution in [0.5, 0.6) is 0 Å². The molecule has 1 fully saturated rings. The Labute approximate surface area is 60.1 Å². The molecule has 2 unspecified atom stereocenters.